The first-order chi connectivity index (χ1) is 21.8. The van der Waals surface area contributed by atoms with Gasteiger partial charge in [-0.05, 0) is 56.1 Å². The summed E-state index contributed by atoms with van der Waals surface area (Å²) in [5.41, 5.74) is -2.55. The highest BCUT2D eigenvalue weighted by Gasteiger charge is 2.56. The molecule has 1 amide bonds. The second kappa shape index (κ2) is 12.6. The Balaban J connectivity index is 1.30. The number of methoxy groups -OCH3 is 1. The highest BCUT2D eigenvalue weighted by atomic mass is 32.2. The molecule has 3 N–H and O–H groups in total. The first kappa shape index (κ1) is 33.5. The molecule has 254 valence electrons. The van der Waals surface area contributed by atoms with Crippen molar-refractivity contribution in [1.82, 2.24) is 19.9 Å². The van der Waals surface area contributed by atoms with Crippen LogP contribution in [0, 0.1) is 22.9 Å². The number of hydrogen-bond acceptors (Lipinski definition) is 9. The van der Waals surface area contributed by atoms with Crippen LogP contribution in [0.25, 0.3) is 11.3 Å². The molecule has 46 heavy (non-hydrogen) atoms. The summed E-state index contributed by atoms with van der Waals surface area (Å²) in [4.78, 5) is 15.4. The molecule has 2 aliphatic carbocycles. The van der Waals surface area contributed by atoms with Crippen LogP contribution in [0.5, 0.6) is 0 Å². The number of alkyl halides is 2. The van der Waals surface area contributed by atoms with E-state index in [1.54, 1.807) is 0 Å². The molecule has 16 heteroatoms. The van der Waals surface area contributed by atoms with E-state index in [1.165, 1.54) is 22.9 Å². The van der Waals surface area contributed by atoms with Crippen molar-refractivity contribution in [1.29, 1.82) is 0 Å². The van der Waals surface area contributed by atoms with Crippen molar-refractivity contribution in [2.75, 3.05) is 26.8 Å². The SMILES string of the molecule is CO[C@@H]1[C@@H](n2cc(-c3cc(F)c(F)c(F)c3)nn2)[C@@H](O)[C@@H](CO)O[C@H]1SC(C(=O)N1CCC(F)(F)CC1)C1(O)CCC2(CC2)CC1. The molecule has 4 aliphatic rings. The number of hydrogen-bond donors (Lipinski definition) is 3. The zero-order chi connectivity index (χ0) is 33.0. The van der Waals surface area contributed by atoms with Crippen LogP contribution in [0.4, 0.5) is 22.0 Å². The monoisotopic (exact) mass is 676 g/mol. The number of thioether (sulfide) groups is 1. The number of rotatable bonds is 8. The fourth-order valence-corrected chi connectivity index (χ4v) is 8.56. The van der Waals surface area contributed by atoms with Gasteiger partial charge >= 0.3 is 0 Å². The Hall–Kier alpha value is -2.37. The zero-order valence-electron chi connectivity index (χ0n) is 25.1. The maximum absolute atomic E-state index is 14.1. The van der Waals surface area contributed by atoms with Crippen LogP contribution in [0.15, 0.2) is 18.3 Å². The van der Waals surface area contributed by atoms with Crippen molar-refractivity contribution in [3.8, 4) is 11.3 Å². The Bertz CT molecular complexity index is 1400. The van der Waals surface area contributed by atoms with E-state index in [2.05, 4.69) is 10.3 Å². The van der Waals surface area contributed by atoms with Gasteiger partial charge in [0, 0.05) is 38.6 Å². The third kappa shape index (κ3) is 6.40. The molecule has 1 spiro atoms. The van der Waals surface area contributed by atoms with Gasteiger partial charge in [-0.25, -0.2) is 26.6 Å². The Morgan fingerprint density at radius 2 is 1.70 bits per heavy atom. The molecule has 2 saturated heterocycles. The number of halogens is 5. The summed E-state index contributed by atoms with van der Waals surface area (Å²) in [6, 6.07) is 0.392. The first-order valence-electron chi connectivity index (χ1n) is 15.4. The minimum Gasteiger partial charge on any atom is -0.394 e. The average Bonchev–Trinajstić information content (AvgIpc) is 3.62. The van der Waals surface area contributed by atoms with E-state index in [0.29, 0.717) is 12.8 Å². The number of benzene rings is 1. The Morgan fingerprint density at radius 1 is 1.09 bits per heavy atom. The molecule has 6 atom stereocenters. The van der Waals surface area contributed by atoms with E-state index in [0.717, 1.165) is 49.6 Å². The number of aliphatic hydroxyl groups is 3. The predicted octanol–water partition coefficient (Wildman–Crippen LogP) is 3.44. The largest absolute Gasteiger partial charge is 0.394 e. The Morgan fingerprint density at radius 3 is 2.26 bits per heavy atom. The Labute approximate surface area is 266 Å². The van der Waals surface area contributed by atoms with Gasteiger partial charge in [-0.1, -0.05) is 5.21 Å². The topological polar surface area (TPSA) is 130 Å². The molecule has 2 aromatic rings. The molecule has 2 saturated carbocycles. The van der Waals surface area contributed by atoms with Gasteiger partial charge in [0.1, 0.15) is 40.7 Å². The third-order valence-corrected chi connectivity index (χ3v) is 11.7. The average molecular weight is 677 g/mol. The number of aromatic nitrogens is 3. The summed E-state index contributed by atoms with van der Waals surface area (Å²) in [6.45, 7) is -0.988. The smallest absolute Gasteiger partial charge is 0.251 e. The molecule has 2 aliphatic heterocycles. The van der Waals surface area contributed by atoms with Gasteiger partial charge in [0.2, 0.25) is 5.91 Å². The van der Waals surface area contributed by atoms with Crippen LogP contribution in [0.1, 0.15) is 57.4 Å². The standard InChI is InChI=1S/C30H37F5N4O6S/c1-44-24-22(39-14-19(36-37-39)16-12-17(31)21(33)18(32)13-16)23(41)20(15-40)45-27(24)46-25(26(42)38-10-8-30(34,35)9-11-38)29(43)6-4-28(2-3-28)5-7-29/h12-14,20,22-25,27,40-41,43H,2-11,15H2,1H3/t20-,22+,23+,24-,25?,27+/m1/s1. The highest BCUT2D eigenvalue weighted by Crippen LogP contribution is 2.59. The fourth-order valence-electron chi connectivity index (χ4n) is 6.90. The van der Waals surface area contributed by atoms with Crippen molar-refractivity contribution in [2.45, 2.75) is 97.9 Å². The fraction of sp³-hybridized carbons (Fsp3) is 0.700. The second-order valence-corrected chi connectivity index (χ2v) is 14.3. The summed E-state index contributed by atoms with van der Waals surface area (Å²) in [7, 11) is 1.33. The van der Waals surface area contributed by atoms with E-state index in [-0.39, 0.29) is 29.8 Å². The quantitative estimate of drug-likeness (QED) is 0.285. The van der Waals surface area contributed by atoms with Crippen LogP contribution in [0.2, 0.25) is 0 Å². The summed E-state index contributed by atoms with van der Waals surface area (Å²) in [5, 5.41) is 40.2. The van der Waals surface area contributed by atoms with Crippen LogP contribution >= 0.6 is 11.8 Å². The lowest BCUT2D eigenvalue weighted by molar-refractivity contribution is -0.186. The number of aliphatic hydroxyl groups excluding tert-OH is 2. The summed E-state index contributed by atoms with van der Waals surface area (Å²) >= 11 is 0.954. The van der Waals surface area contributed by atoms with Gasteiger partial charge in [0.25, 0.3) is 5.92 Å². The van der Waals surface area contributed by atoms with E-state index in [4.69, 9.17) is 9.47 Å². The number of likely N-dealkylation sites (tertiary alicyclic amines) is 1. The minimum absolute atomic E-state index is 0.0448. The van der Waals surface area contributed by atoms with Crippen molar-refractivity contribution in [2.24, 2.45) is 5.41 Å². The number of ether oxygens (including phenoxy) is 2. The number of amides is 1. The van der Waals surface area contributed by atoms with Crippen molar-refractivity contribution >= 4 is 17.7 Å². The van der Waals surface area contributed by atoms with Gasteiger partial charge in [-0.15, -0.1) is 16.9 Å². The normalized spacial score (nSPS) is 30.7. The van der Waals surface area contributed by atoms with E-state index in [9.17, 15) is 42.1 Å². The molecule has 3 heterocycles. The van der Waals surface area contributed by atoms with E-state index in [1.807, 2.05) is 0 Å². The molecule has 1 aromatic carbocycles. The molecule has 6 rings (SSSR count). The molecular formula is C30H37F5N4O6S. The summed E-state index contributed by atoms with van der Waals surface area (Å²) < 4.78 is 82.4. The van der Waals surface area contributed by atoms with Crippen molar-refractivity contribution in [3.05, 3.63) is 35.8 Å². The molecule has 4 fully saturated rings. The van der Waals surface area contributed by atoms with Gasteiger partial charge in [0.15, 0.2) is 17.5 Å². The molecular weight excluding hydrogens is 639 g/mol. The van der Waals surface area contributed by atoms with Crippen LogP contribution in [0.3, 0.4) is 0 Å². The Kier molecular flexibility index (Phi) is 9.17. The van der Waals surface area contributed by atoms with Gasteiger partial charge < -0.3 is 29.7 Å². The van der Waals surface area contributed by atoms with Gasteiger partial charge in [0.05, 0.1) is 18.4 Å². The lowest BCUT2D eigenvalue weighted by Crippen LogP contribution is -2.59. The van der Waals surface area contributed by atoms with Crippen molar-refractivity contribution in [3.63, 3.8) is 0 Å². The molecule has 1 unspecified atom stereocenters. The molecule has 0 bridgehead atoms. The lowest BCUT2D eigenvalue weighted by atomic mass is 9.75. The number of nitrogens with zero attached hydrogens (tertiary/aromatic N) is 4. The predicted molar refractivity (Wildman–Crippen MR) is 154 cm³/mol. The van der Waals surface area contributed by atoms with E-state index >= 15 is 0 Å². The summed E-state index contributed by atoms with van der Waals surface area (Å²) in [5.74, 6) is -7.88. The minimum atomic E-state index is -2.88. The zero-order valence-corrected chi connectivity index (χ0v) is 25.9. The molecule has 0 radical (unpaired) electrons. The number of carbonyl (C=O) groups is 1. The van der Waals surface area contributed by atoms with Crippen LogP contribution in [-0.4, -0.2) is 108 Å². The van der Waals surface area contributed by atoms with Gasteiger partial charge in [-0.3, -0.25) is 4.79 Å². The maximum Gasteiger partial charge on any atom is 0.251 e. The second-order valence-electron chi connectivity index (χ2n) is 13.0. The molecule has 1 aromatic heterocycles. The van der Waals surface area contributed by atoms with E-state index < -0.39 is 89.4 Å². The van der Waals surface area contributed by atoms with Crippen molar-refractivity contribution < 1.29 is 51.5 Å². The summed E-state index contributed by atoms with van der Waals surface area (Å²) in [6.07, 6.45) is 0.799. The number of piperidine rings is 1. The first-order valence-corrected chi connectivity index (χ1v) is 16.3. The lowest BCUT2D eigenvalue weighted by Gasteiger charge is -2.47. The van der Waals surface area contributed by atoms with Crippen LogP contribution < -0.4 is 0 Å². The van der Waals surface area contributed by atoms with Gasteiger partial charge in [-0.2, -0.15) is 0 Å². The third-order valence-electron chi connectivity index (χ3n) is 10.1. The van der Waals surface area contributed by atoms with Crippen LogP contribution in [-0.2, 0) is 14.3 Å². The maximum atomic E-state index is 14.1. The number of carbonyl (C=O) groups excluding carboxylic acids is 1. The molecule has 10 nitrogen and oxygen atoms in total. The highest BCUT2D eigenvalue weighted by molar-refractivity contribution is 8.01.